The number of benzene rings is 1. The monoisotopic (exact) mass is 340 g/mol. The zero-order valence-electron chi connectivity index (χ0n) is 14.4. The fourth-order valence-electron chi connectivity index (χ4n) is 3.52. The smallest absolute Gasteiger partial charge is 0.156 e. The second-order valence-electron chi connectivity index (χ2n) is 6.64. The lowest BCUT2D eigenvalue weighted by Crippen LogP contribution is -2.31. The number of nitrogens with zero attached hydrogens (tertiary/aromatic N) is 4. The average molecular weight is 340 g/mol. The number of halogens is 1. The number of likely N-dealkylation sites (tertiary alicyclic amines) is 1. The Labute approximate surface area is 146 Å². The molecule has 0 saturated carbocycles. The predicted octanol–water partition coefficient (Wildman–Crippen LogP) is 3.35. The van der Waals surface area contributed by atoms with Gasteiger partial charge in [0.25, 0.3) is 0 Å². The Morgan fingerprint density at radius 1 is 1.24 bits per heavy atom. The number of hydrogen-bond acceptors (Lipinski definition) is 4. The van der Waals surface area contributed by atoms with Gasteiger partial charge in [-0.1, -0.05) is 0 Å². The summed E-state index contributed by atoms with van der Waals surface area (Å²) in [6.07, 6.45) is 4.17. The van der Waals surface area contributed by atoms with Crippen LogP contribution in [0.3, 0.4) is 0 Å². The summed E-state index contributed by atoms with van der Waals surface area (Å²) in [5, 5.41) is 4.68. The van der Waals surface area contributed by atoms with Crippen molar-refractivity contribution in [3.8, 4) is 16.9 Å². The number of fused-ring (bicyclic) bond motifs is 1. The molecule has 3 aromatic rings. The van der Waals surface area contributed by atoms with Gasteiger partial charge in [-0.05, 0) is 56.8 Å². The summed E-state index contributed by atoms with van der Waals surface area (Å²) in [5.41, 5.74) is 2.36. The molecular weight excluding hydrogens is 319 g/mol. The Morgan fingerprint density at radius 2 is 2.12 bits per heavy atom. The molecule has 4 rings (SSSR count). The first-order valence-corrected chi connectivity index (χ1v) is 8.53. The van der Waals surface area contributed by atoms with E-state index in [0.717, 1.165) is 36.5 Å². The first kappa shape index (κ1) is 16.0. The highest BCUT2D eigenvalue weighted by Crippen LogP contribution is 2.31. The van der Waals surface area contributed by atoms with Crippen LogP contribution in [0.25, 0.3) is 16.8 Å². The Hall–Kier alpha value is -2.47. The van der Waals surface area contributed by atoms with Crippen molar-refractivity contribution < 1.29 is 9.13 Å². The maximum absolute atomic E-state index is 13.7. The predicted molar refractivity (Wildman–Crippen MR) is 94.4 cm³/mol. The second kappa shape index (κ2) is 6.44. The van der Waals surface area contributed by atoms with Crippen LogP contribution in [0.5, 0.6) is 5.75 Å². The van der Waals surface area contributed by atoms with E-state index in [1.807, 2.05) is 18.3 Å². The first-order chi connectivity index (χ1) is 12.1. The summed E-state index contributed by atoms with van der Waals surface area (Å²) in [6, 6.07) is 8.36. The quantitative estimate of drug-likeness (QED) is 0.733. The molecule has 1 atom stereocenters. The van der Waals surface area contributed by atoms with E-state index >= 15 is 0 Å². The zero-order valence-corrected chi connectivity index (χ0v) is 14.4. The first-order valence-electron chi connectivity index (χ1n) is 8.53. The summed E-state index contributed by atoms with van der Waals surface area (Å²) >= 11 is 0. The third kappa shape index (κ3) is 3.09. The molecular formula is C19H21FN4O. The average Bonchev–Trinajstić information content (AvgIpc) is 3.05. The Bertz CT molecular complexity index is 908. The van der Waals surface area contributed by atoms with Gasteiger partial charge >= 0.3 is 0 Å². The maximum atomic E-state index is 13.7. The second-order valence-corrected chi connectivity index (χ2v) is 6.64. The van der Waals surface area contributed by atoms with Crippen LogP contribution in [0.4, 0.5) is 4.39 Å². The highest BCUT2D eigenvalue weighted by Gasteiger charge is 2.22. The molecule has 6 heteroatoms. The van der Waals surface area contributed by atoms with E-state index in [2.05, 4.69) is 22.0 Å². The molecule has 3 heterocycles. The number of methoxy groups -OCH3 is 1. The molecule has 0 aliphatic carbocycles. The van der Waals surface area contributed by atoms with Gasteiger partial charge in [0, 0.05) is 29.8 Å². The molecule has 0 bridgehead atoms. The van der Waals surface area contributed by atoms with E-state index in [0.29, 0.717) is 17.2 Å². The fraction of sp³-hybridized carbons (Fsp3) is 0.368. The lowest BCUT2D eigenvalue weighted by Gasteiger charge is -2.27. The molecule has 0 spiro atoms. The molecule has 0 amide bonds. The minimum Gasteiger partial charge on any atom is -0.496 e. The fourth-order valence-corrected chi connectivity index (χ4v) is 3.52. The summed E-state index contributed by atoms with van der Waals surface area (Å²) in [5.74, 6) is 1.59. The minimum atomic E-state index is -0.291. The van der Waals surface area contributed by atoms with Crippen LogP contribution in [0.2, 0.25) is 0 Å². The van der Waals surface area contributed by atoms with Gasteiger partial charge in [0.15, 0.2) is 11.5 Å². The number of aromatic nitrogens is 3. The normalized spacial score (nSPS) is 18.6. The van der Waals surface area contributed by atoms with Crippen molar-refractivity contribution >= 4 is 5.65 Å². The summed E-state index contributed by atoms with van der Waals surface area (Å²) in [4.78, 5) is 7.01. The number of ether oxygens (including phenoxy) is 1. The number of pyridine rings is 1. The van der Waals surface area contributed by atoms with Gasteiger partial charge in [0.1, 0.15) is 11.6 Å². The van der Waals surface area contributed by atoms with E-state index in [1.165, 1.54) is 18.6 Å². The summed E-state index contributed by atoms with van der Waals surface area (Å²) in [7, 11) is 3.72. The molecule has 1 saturated heterocycles. The van der Waals surface area contributed by atoms with Crippen LogP contribution in [-0.4, -0.2) is 46.7 Å². The van der Waals surface area contributed by atoms with Gasteiger partial charge in [0.05, 0.1) is 7.11 Å². The SMILES string of the molecule is COc1ccc(F)cc1-c1ccc2nc([C@@H]3CCCN(C)C3)nn2c1. The standard InChI is InChI=1S/C19H21FN4O/c1-23-9-3-4-14(11-23)19-21-18-8-5-13(12-24(18)22-19)16-10-15(20)6-7-17(16)25-2/h5-8,10,12,14H,3-4,9,11H2,1-2H3/t14-/m1/s1. The van der Waals surface area contributed by atoms with Crippen molar-refractivity contribution in [2.75, 3.05) is 27.2 Å². The summed E-state index contributed by atoms with van der Waals surface area (Å²) < 4.78 is 20.8. The van der Waals surface area contributed by atoms with Gasteiger partial charge in [-0.15, -0.1) is 0 Å². The van der Waals surface area contributed by atoms with Crippen LogP contribution >= 0.6 is 0 Å². The molecule has 1 aromatic carbocycles. The topological polar surface area (TPSA) is 42.7 Å². The molecule has 25 heavy (non-hydrogen) atoms. The molecule has 130 valence electrons. The Kier molecular flexibility index (Phi) is 4.13. The number of piperidine rings is 1. The van der Waals surface area contributed by atoms with Crippen molar-refractivity contribution in [3.63, 3.8) is 0 Å². The van der Waals surface area contributed by atoms with Crippen LogP contribution in [0.1, 0.15) is 24.6 Å². The van der Waals surface area contributed by atoms with Crippen molar-refractivity contribution in [2.24, 2.45) is 0 Å². The molecule has 1 aliphatic rings. The third-order valence-corrected chi connectivity index (χ3v) is 4.81. The van der Waals surface area contributed by atoms with Gasteiger partial charge in [-0.3, -0.25) is 0 Å². The summed E-state index contributed by atoms with van der Waals surface area (Å²) in [6.45, 7) is 2.12. The van der Waals surface area contributed by atoms with E-state index < -0.39 is 0 Å². The van der Waals surface area contributed by atoms with Gasteiger partial charge in [-0.25, -0.2) is 13.9 Å². The van der Waals surface area contributed by atoms with E-state index in [4.69, 9.17) is 4.74 Å². The zero-order chi connectivity index (χ0) is 17.4. The minimum absolute atomic E-state index is 0.291. The van der Waals surface area contributed by atoms with Crippen molar-refractivity contribution in [2.45, 2.75) is 18.8 Å². The van der Waals surface area contributed by atoms with E-state index in [-0.39, 0.29) is 5.82 Å². The van der Waals surface area contributed by atoms with Gasteiger partial charge < -0.3 is 9.64 Å². The van der Waals surface area contributed by atoms with Gasteiger partial charge in [-0.2, -0.15) is 5.10 Å². The lowest BCUT2D eigenvalue weighted by molar-refractivity contribution is 0.246. The Morgan fingerprint density at radius 3 is 2.92 bits per heavy atom. The third-order valence-electron chi connectivity index (χ3n) is 4.81. The highest BCUT2D eigenvalue weighted by molar-refractivity contribution is 5.71. The number of hydrogen-bond donors (Lipinski definition) is 0. The number of rotatable bonds is 3. The van der Waals surface area contributed by atoms with Crippen LogP contribution in [-0.2, 0) is 0 Å². The van der Waals surface area contributed by atoms with E-state index in [9.17, 15) is 4.39 Å². The Balaban J connectivity index is 1.72. The van der Waals surface area contributed by atoms with Crippen molar-refractivity contribution in [1.82, 2.24) is 19.5 Å². The van der Waals surface area contributed by atoms with Crippen molar-refractivity contribution in [1.29, 1.82) is 0 Å². The molecule has 0 unspecified atom stereocenters. The molecule has 1 aliphatic heterocycles. The molecule has 0 radical (unpaired) electrons. The maximum Gasteiger partial charge on any atom is 0.156 e. The van der Waals surface area contributed by atoms with E-state index in [1.54, 1.807) is 17.7 Å². The molecule has 2 aromatic heterocycles. The van der Waals surface area contributed by atoms with Crippen LogP contribution in [0, 0.1) is 5.82 Å². The van der Waals surface area contributed by atoms with Crippen LogP contribution < -0.4 is 4.74 Å². The van der Waals surface area contributed by atoms with Gasteiger partial charge in [0.2, 0.25) is 0 Å². The van der Waals surface area contributed by atoms with Crippen LogP contribution in [0.15, 0.2) is 36.5 Å². The van der Waals surface area contributed by atoms with Crippen molar-refractivity contribution in [3.05, 3.63) is 48.2 Å². The lowest BCUT2D eigenvalue weighted by atomic mass is 9.98. The molecule has 1 fully saturated rings. The molecule has 0 N–H and O–H groups in total. The highest BCUT2D eigenvalue weighted by atomic mass is 19.1. The largest absolute Gasteiger partial charge is 0.496 e. The number of likely N-dealkylation sites (N-methyl/N-ethyl adjacent to an activating group) is 1. The molecule has 5 nitrogen and oxygen atoms in total.